The van der Waals surface area contributed by atoms with E-state index in [2.05, 4.69) is 4.72 Å². The van der Waals surface area contributed by atoms with Crippen LogP contribution in [0.3, 0.4) is 0 Å². The molecule has 2 aromatic rings. The second-order valence-corrected chi connectivity index (χ2v) is 12.4. The lowest BCUT2D eigenvalue weighted by Gasteiger charge is -2.30. The van der Waals surface area contributed by atoms with Crippen LogP contribution in [0.2, 0.25) is 0 Å². The number of para-hydroxylation sites is 1. The van der Waals surface area contributed by atoms with Crippen LogP contribution in [-0.2, 0) is 27.8 Å². The number of benzene rings is 1. The molecule has 1 heterocycles. The highest BCUT2D eigenvalue weighted by molar-refractivity contribution is 7.91. The summed E-state index contributed by atoms with van der Waals surface area (Å²) in [6.45, 7) is 5.84. The van der Waals surface area contributed by atoms with Gasteiger partial charge in [0.05, 0.1) is 16.8 Å². The third-order valence-electron chi connectivity index (χ3n) is 5.23. The highest BCUT2D eigenvalue weighted by Gasteiger charge is 2.42. The van der Waals surface area contributed by atoms with Crippen LogP contribution < -0.4 is 4.72 Å². The molecule has 7 heteroatoms. The van der Waals surface area contributed by atoms with Crippen molar-refractivity contribution in [1.29, 1.82) is 0 Å². The van der Waals surface area contributed by atoms with E-state index < -0.39 is 21.4 Å². The molecule has 4 rings (SSSR count). The molecule has 1 N–H and O–H groups in total. The average molecular weight is 395 g/mol. The van der Waals surface area contributed by atoms with Crippen molar-refractivity contribution in [3.63, 3.8) is 0 Å². The number of hydrogen-bond acceptors (Lipinski definition) is 4. The fourth-order valence-electron chi connectivity index (χ4n) is 3.76. The molecule has 0 saturated heterocycles. The van der Waals surface area contributed by atoms with E-state index in [4.69, 9.17) is 0 Å². The zero-order valence-electron chi connectivity index (χ0n) is 15.5. The maximum absolute atomic E-state index is 13.1. The van der Waals surface area contributed by atoms with Crippen LogP contribution in [0.5, 0.6) is 0 Å². The first-order chi connectivity index (χ1) is 12.2. The minimum Gasteiger partial charge on any atom is -0.598 e. The van der Waals surface area contributed by atoms with Gasteiger partial charge in [-0.05, 0) is 58.9 Å². The molecule has 0 aliphatic heterocycles. The molecule has 0 spiro atoms. The Morgan fingerprint density at radius 1 is 1.19 bits per heavy atom. The Morgan fingerprint density at radius 3 is 2.54 bits per heavy atom. The topological polar surface area (TPSA) is 74.2 Å². The van der Waals surface area contributed by atoms with Crippen LogP contribution in [0.1, 0.15) is 63.8 Å². The van der Waals surface area contributed by atoms with Gasteiger partial charge < -0.3 is 4.55 Å². The first-order valence-corrected chi connectivity index (χ1v) is 11.9. The normalized spacial score (nSPS) is 22.4. The molecule has 0 unspecified atom stereocenters. The van der Waals surface area contributed by atoms with Crippen LogP contribution in [0.15, 0.2) is 24.3 Å². The molecular formula is C19H26N2O3S2. The number of rotatable bonds is 4. The van der Waals surface area contributed by atoms with Gasteiger partial charge in [-0.2, -0.15) is 0 Å². The molecule has 2 aliphatic rings. The highest BCUT2D eigenvalue weighted by Crippen LogP contribution is 2.42. The number of hydrogen-bond donors (Lipinski definition) is 1. The summed E-state index contributed by atoms with van der Waals surface area (Å²) in [5, 5.41) is 0.717. The van der Waals surface area contributed by atoms with E-state index >= 15 is 0 Å². The van der Waals surface area contributed by atoms with Crippen molar-refractivity contribution in [2.75, 3.05) is 0 Å². The second-order valence-electron chi connectivity index (χ2n) is 8.33. The maximum Gasteiger partial charge on any atom is 0.242 e. The molecule has 142 valence electrons. The molecule has 1 saturated carbocycles. The summed E-state index contributed by atoms with van der Waals surface area (Å²) in [7, 11) is -3.36. The van der Waals surface area contributed by atoms with Crippen molar-refractivity contribution in [3.8, 4) is 0 Å². The van der Waals surface area contributed by atoms with Crippen molar-refractivity contribution in [2.24, 2.45) is 0 Å². The summed E-state index contributed by atoms with van der Waals surface area (Å²) >= 11 is -1.20. The SMILES string of the molecule is CC(C)(C)[S@@+]([O-])N[C@H]1CCCc2c1c1ccccc1n2S(=O)(=O)C1CC1. The van der Waals surface area contributed by atoms with Crippen molar-refractivity contribution >= 4 is 32.3 Å². The quantitative estimate of drug-likeness (QED) is 0.807. The second kappa shape index (κ2) is 6.26. The number of fused-ring (bicyclic) bond motifs is 3. The van der Waals surface area contributed by atoms with Crippen LogP contribution in [0.25, 0.3) is 10.9 Å². The average Bonchev–Trinajstić information content (AvgIpc) is 3.36. The Labute approximate surface area is 158 Å². The summed E-state index contributed by atoms with van der Waals surface area (Å²) in [5.41, 5.74) is 2.67. The molecule has 26 heavy (non-hydrogen) atoms. The van der Waals surface area contributed by atoms with Crippen molar-refractivity contribution in [2.45, 2.75) is 68.9 Å². The highest BCUT2D eigenvalue weighted by atomic mass is 32.2. The van der Waals surface area contributed by atoms with Gasteiger partial charge in [0.1, 0.15) is 4.75 Å². The van der Waals surface area contributed by atoms with Crippen molar-refractivity contribution in [1.82, 2.24) is 8.69 Å². The summed E-state index contributed by atoms with van der Waals surface area (Å²) in [6.07, 6.45) is 4.00. The van der Waals surface area contributed by atoms with Crippen molar-refractivity contribution in [3.05, 3.63) is 35.5 Å². The molecule has 0 bridgehead atoms. The van der Waals surface area contributed by atoms with Crippen LogP contribution in [0.4, 0.5) is 0 Å². The predicted molar refractivity (Wildman–Crippen MR) is 106 cm³/mol. The first-order valence-electron chi connectivity index (χ1n) is 9.26. The molecule has 1 fully saturated rings. The zero-order valence-corrected chi connectivity index (χ0v) is 17.1. The molecule has 2 aliphatic carbocycles. The minimum atomic E-state index is -3.36. The predicted octanol–water partition coefficient (Wildman–Crippen LogP) is 3.41. The Bertz CT molecular complexity index is 940. The first kappa shape index (κ1) is 18.3. The molecular weight excluding hydrogens is 368 g/mol. The van der Waals surface area contributed by atoms with Gasteiger partial charge in [-0.1, -0.05) is 18.2 Å². The molecule has 5 nitrogen and oxygen atoms in total. The Balaban J connectivity index is 1.87. The lowest BCUT2D eigenvalue weighted by atomic mass is 9.91. The fourth-order valence-corrected chi connectivity index (χ4v) is 6.57. The summed E-state index contributed by atoms with van der Waals surface area (Å²) in [6, 6.07) is 7.64. The van der Waals surface area contributed by atoms with E-state index in [1.165, 1.54) is 0 Å². The van der Waals surface area contributed by atoms with Crippen LogP contribution in [0, 0.1) is 0 Å². The Hall–Kier alpha value is -1.02. The van der Waals surface area contributed by atoms with E-state index in [1.807, 2.05) is 45.0 Å². The van der Waals surface area contributed by atoms with Gasteiger partial charge in [0, 0.05) is 28.0 Å². The Kier molecular flexibility index (Phi) is 4.42. The third-order valence-corrected chi connectivity index (χ3v) is 9.08. The van der Waals surface area contributed by atoms with Gasteiger partial charge >= 0.3 is 0 Å². The fraction of sp³-hybridized carbons (Fsp3) is 0.579. The van der Waals surface area contributed by atoms with Crippen LogP contribution >= 0.6 is 0 Å². The number of aromatic nitrogens is 1. The molecule has 1 aromatic heterocycles. The smallest absolute Gasteiger partial charge is 0.242 e. The van der Waals surface area contributed by atoms with E-state index in [0.29, 0.717) is 0 Å². The van der Waals surface area contributed by atoms with Gasteiger partial charge in [-0.3, -0.25) is 0 Å². The molecule has 1 aromatic carbocycles. The number of nitrogens with one attached hydrogen (secondary N) is 1. The van der Waals surface area contributed by atoms with Crippen molar-refractivity contribution < 1.29 is 13.0 Å². The van der Waals surface area contributed by atoms with Crippen LogP contribution in [-0.4, -0.2) is 26.9 Å². The summed E-state index contributed by atoms with van der Waals surface area (Å²) < 4.78 is 43.4. The Morgan fingerprint density at radius 2 is 1.88 bits per heavy atom. The zero-order chi connectivity index (χ0) is 18.7. The summed E-state index contributed by atoms with van der Waals surface area (Å²) in [5.74, 6) is 0. The van der Waals surface area contributed by atoms with E-state index in [-0.39, 0.29) is 16.0 Å². The number of nitrogens with zero attached hydrogens (tertiary/aromatic N) is 1. The standard InChI is InChI=1S/C19H26N2O3S2/c1-19(2,3)25(22)20-15-8-6-10-17-18(15)14-7-4-5-9-16(14)21(17)26(23,24)13-11-12-13/h4-5,7,9,13,15,20H,6,8,10-12H2,1-3H3/t15-,25+/m0/s1. The van der Waals surface area contributed by atoms with Gasteiger partial charge in [0.25, 0.3) is 0 Å². The largest absolute Gasteiger partial charge is 0.598 e. The van der Waals surface area contributed by atoms with Gasteiger partial charge in [-0.15, -0.1) is 4.72 Å². The minimum absolute atomic E-state index is 0.0839. The lowest BCUT2D eigenvalue weighted by Crippen LogP contribution is -2.42. The molecule has 0 amide bonds. The van der Waals surface area contributed by atoms with Gasteiger partial charge in [0.2, 0.25) is 10.0 Å². The van der Waals surface area contributed by atoms with Gasteiger partial charge in [-0.25, -0.2) is 12.4 Å². The molecule has 2 atom stereocenters. The summed E-state index contributed by atoms with van der Waals surface area (Å²) in [4.78, 5) is 0. The van der Waals surface area contributed by atoms with E-state index in [9.17, 15) is 13.0 Å². The maximum atomic E-state index is 13.1. The van der Waals surface area contributed by atoms with E-state index in [0.717, 1.165) is 54.3 Å². The third kappa shape index (κ3) is 2.99. The van der Waals surface area contributed by atoms with E-state index in [1.54, 1.807) is 3.97 Å². The lowest BCUT2D eigenvalue weighted by molar-refractivity contribution is 0.488. The van der Waals surface area contributed by atoms with Gasteiger partial charge in [0.15, 0.2) is 0 Å². The molecule has 0 radical (unpaired) electrons. The monoisotopic (exact) mass is 394 g/mol.